The first-order valence-electron chi connectivity index (χ1n) is 7.62. The van der Waals surface area contributed by atoms with Crippen molar-refractivity contribution in [1.82, 2.24) is 9.38 Å². The number of hydrogen-bond acceptors (Lipinski definition) is 1. The van der Waals surface area contributed by atoms with Gasteiger partial charge in [0.1, 0.15) is 11.5 Å². The van der Waals surface area contributed by atoms with Crippen molar-refractivity contribution in [3.63, 3.8) is 0 Å². The molecule has 0 amide bonds. The number of nitrogens with zero attached hydrogens (tertiary/aromatic N) is 2. The van der Waals surface area contributed by atoms with E-state index in [1.54, 1.807) is 6.07 Å². The Hall–Kier alpha value is -2.46. The molecule has 0 atom stereocenters. The number of aryl methyl sites for hydroxylation is 1. The summed E-state index contributed by atoms with van der Waals surface area (Å²) in [7, 11) is 0. The van der Waals surface area contributed by atoms with Crippen LogP contribution >= 0.6 is 15.9 Å². The average molecular weight is 381 g/mol. The minimum atomic E-state index is -0.286. The second-order valence-corrected chi connectivity index (χ2v) is 6.69. The maximum atomic E-state index is 14.3. The molecule has 0 radical (unpaired) electrons. The second-order valence-electron chi connectivity index (χ2n) is 5.78. The van der Waals surface area contributed by atoms with Gasteiger partial charge in [-0.1, -0.05) is 46.3 Å². The van der Waals surface area contributed by atoms with Gasteiger partial charge < -0.3 is 4.40 Å². The molecule has 2 aromatic carbocycles. The first-order chi connectivity index (χ1) is 11.6. The van der Waals surface area contributed by atoms with Crippen LogP contribution in [0.5, 0.6) is 0 Å². The smallest absolute Gasteiger partial charge is 0.145 e. The van der Waals surface area contributed by atoms with Crippen molar-refractivity contribution in [1.29, 1.82) is 0 Å². The normalized spacial score (nSPS) is 11.1. The van der Waals surface area contributed by atoms with Crippen molar-refractivity contribution in [2.75, 3.05) is 0 Å². The lowest BCUT2D eigenvalue weighted by molar-refractivity contribution is 0.630. The highest BCUT2D eigenvalue weighted by molar-refractivity contribution is 9.10. The number of aromatic nitrogens is 2. The van der Waals surface area contributed by atoms with Gasteiger partial charge in [0.25, 0.3) is 0 Å². The van der Waals surface area contributed by atoms with Crippen LogP contribution in [-0.2, 0) is 0 Å². The van der Waals surface area contributed by atoms with Gasteiger partial charge in [0.15, 0.2) is 0 Å². The molecule has 0 spiro atoms. The van der Waals surface area contributed by atoms with Crippen LogP contribution < -0.4 is 0 Å². The molecular formula is C20H14BrFN2. The Kier molecular flexibility index (Phi) is 3.69. The minimum absolute atomic E-state index is 0.286. The highest BCUT2D eigenvalue weighted by atomic mass is 79.9. The number of benzene rings is 2. The standard InChI is InChI=1S/C20H14BrFN2/c1-13-9-17(14-5-3-2-4-6-14)20-23-19(12-24(20)11-13)16-8-7-15(21)10-18(16)22/h2-12H,1H3. The SMILES string of the molecule is Cc1cc(-c2ccccc2)c2nc(-c3ccc(Br)cc3F)cn2c1. The molecule has 0 bridgehead atoms. The summed E-state index contributed by atoms with van der Waals surface area (Å²) in [4.78, 5) is 4.70. The molecule has 2 heterocycles. The molecule has 0 fully saturated rings. The molecule has 2 aromatic heterocycles. The van der Waals surface area contributed by atoms with Crippen LogP contribution in [0.25, 0.3) is 28.0 Å². The van der Waals surface area contributed by atoms with Gasteiger partial charge in [-0.05, 0) is 42.3 Å². The lowest BCUT2D eigenvalue weighted by atomic mass is 10.1. The summed E-state index contributed by atoms with van der Waals surface area (Å²) in [6.45, 7) is 2.05. The van der Waals surface area contributed by atoms with Gasteiger partial charge >= 0.3 is 0 Å². The largest absolute Gasteiger partial charge is 0.306 e. The molecule has 4 aromatic rings. The average Bonchev–Trinajstić information content (AvgIpc) is 2.98. The van der Waals surface area contributed by atoms with Crippen molar-refractivity contribution in [3.8, 4) is 22.4 Å². The number of pyridine rings is 1. The van der Waals surface area contributed by atoms with Gasteiger partial charge in [0.2, 0.25) is 0 Å². The van der Waals surface area contributed by atoms with E-state index in [1.807, 2.05) is 48.0 Å². The van der Waals surface area contributed by atoms with E-state index in [4.69, 9.17) is 4.98 Å². The highest BCUT2D eigenvalue weighted by Crippen LogP contribution is 2.30. The van der Waals surface area contributed by atoms with Gasteiger partial charge in [0, 0.05) is 28.0 Å². The fraction of sp³-hybridized carbons (Fsp3) is 0.0500. The lowest BCUT2D eigenvalue weighted by Crippen LogP contribution is -1.89. The predicted molar refractivity (Wildman–Crippen MR) is 98.5 cm³/mol. The Morgan fingerprint density at radius 3 is 2.50 bits per heavy atom. The van der Waals surface area contributed by atoms with E-state index in [9.17, 15) is 4.39 Å². The van der Waals surface area contributed by atoms with E-state index in [2.05, 4.69) is 34.1 Å². The Morgan fingerprint density at radius 1 is 0.958 bits per heavy atom. The van der Waals surface area contributed by atoms with E-state index in [-0.39, 0.29) is 5.82 Å². The summed E-state index contributed by atoms with van der Waals surface area (Å²) in [6, 6.07) is 17.3. The first kappa shape index (κ1) is 15.1. The van der Waals surface area contributed by atoms with Crippen LogP contribution in [0.3, 0.4) is 0 Å². The molecule has 4 rings (SSSR count). The fourth-order valence-corrected chi connectivity index (χ4v) is 3.23. The third-order valence-electron chi connectivity index (χ3n) is 3.98. The quantitative estimate of drug-likeness (QED) is 0.424. The van der Waals surface area contributed by atoms with Gasteiger partial charge in [-0.15, -0.1) is 0 Å². The Bertz CT molecular complexity index is 1040. The monoisotopic (exact) mass is 380 g/mol. The van der Waals surface area contributed by atoms with Crippen molar-refractivity contribution >= 4 is 21.6 Å². The van der Waals surface area contributed by atoms with Crippen LogP contribution in [0.2, 0.25) is 0 Å². The van der Waals surface area contributed by atoms with Crippen LogP contribution in [-0.4, -0.2) is 9.38 Å². The number of hydrogen-bond donors (Lipinski definition) is 0. The van der Waals surface area contributed by atoms with Crippen LogP contribution in [0.1, 0.15) is 5.56 Å². The second kappa shape index (κ2) is 5.87. The molecule has 0 N–H and O–H groups in total. The molecule has 0 aliphatic rings. The van der Waals surface area contributed by atoms with E-state index < -0.39 is 0 Å². The maximum Gasteiger partial charge on any atom is 0.145 e. The van der Waals surface area contributed by atoms with Gasteiger partial charge in [0.05, 0.1) is 5.69 Å². The number of rotatable bonds is 2. The van der Waals surface area contributed by atoms with Crippen LogP contribution in [0, 0.1) is 12.7 Å². The molecule has 118 valence electrons. The summed E-state index contributed by atoms with van der Waals surface area (Å²) in [6.07, 6.45) is 3.89. The fourth-order valence-electron chi connectivity index (χ4n) is 2.90. The third kappa shape index (κ3) is 2.63. The van der Waals surface area contributed by atoms with Crippen molar-refractivity contribution in [2.24, 2.45) is 0 Å². The van der Waals surface area contributed by atoms with Crippen molar-refractivity contribution < 1.29 is 4.39 Å². The first-order valence-corrected chi connectivity index (χ1v) is 8.41. The van der Waals surface area contributed by atoms with E-state index >= 15 is 0 Å². The number of fused-ring (bicyclic) bond motifs is 1. The molecule has 0 aliphatic carbocycles. The van der Waals surface area contributed by atoms with Gasteiger partial charge in [-0.3, -0.25) is 0 Å². The third-order valence-corrected chi connectivity index (χ3v) is 4.47. The van der Waals surface area contributed by atoms with Crippen LogP contribution in [0.15, 0.2) is 71.5 Å². The topological polar surface area (TPSA) is 17.3 Å². The van der Waals surface area contributed by atoms with E-state index in [0.717, 1.165) is 22.3 Å². The van der Waals surface area contributed by atoms with Crippen molar-refractivity contribution in [3.05, 3.63) is 82.8 Å². The summed E-state index contributed by atoms with van der Waals surface area (Å²) >= 11 is 3.29. The summed E-state index contributed by atoms with van der Waals surface area (Å²) in [5.74, 6) is -0.286. The zero-order valence-corrected chi connectivity index (χ0v) is 14.6. The van der Waals surface area contributed by atoms with E-state index in [0.29, 0.717) is 15.7 Å². The van der Waals surface area contributed by atoms with Gasteiger partial charge in [-0.2, -0.15) is 0 Å². The van der Waals surface area contributed by atoms with Crippen molar-refractivity contribution in [2.45, 2.75) is 6.92 Å². The summed E-state index contributed by atoms with van der Waals surface area (Å²) in [5.41, 5.74) is 5.21. The molecule has 0 saturated carbocycles. The van der Waals surface area contributed by atoms with Gasteiger partial charge in [-0.25, -0.2) is 9.37 Å². The molecule has 24 heavy (non-hydrogen) atoms. The molecule has 4 heteroatoms. The summed E-state index contributed by atoms with van der Waals surface area (Å²) < 4.78 is 17.0. The highest BCUT2D eigenvalue weighted by Gasteiger charge is 2.13. The molecule has 0 saturated heterocycles. The Labute approximate surface area is 147 Å². The lowest BCUT2D eigenvalue weighted by Gasteiger charge is -2.05. The Morgan fingerprint density at radius 2 is 1.75 bits per heavy atom. The number of halogens is 2. The minimum Gasteiger partial charge on any atom is -0.306 e. The number of imidazole rings is 1. The molecule has 2 nitrogen and oxygen atoms in total. The maximum absolute atomic E-state index is 14.3. The van der Waals surface area contributed by atoms with Crippen LogP contribution in [0.4, 0.5) is 4.39 Å². The predicted octanol–water partition coefficient (Wildman–Crippen LogP) is 5.88. The molecule has 0 aliphatic heterocycles. The molecule has 0 unspecified atom stereocenters. The summed E-state index contributed by atoms with van der Waals surface area (Å²) in [5, 5.41) is 0. The Balaban J connectivity index is 1.95. The zero-order valence-electron chi connectivity index (χ0n) is 13.0. The van der Waals surface area contributed by atoms with E-state index in [1.165, 1.54) is 6.07 Å². The molecular weight excluding hydrogens is 367 g/mol. The zero-order chi connectivity index (χ0) is 16.7.